The van der Waals surface area contributed by atoms with E-state index in [2.05, 4.69) is 22.2 Å². The summed E-state index contributed by atoms with van der Waals surface area (Å²) < 4.78 is 20.0. The minimum Gasteiger partial charge on any atom is -0.490 e. The minimum absolute atomic E-state index is 0.0359. The Balaban J connectivity index is 1.47. The molecule has 1 aliphatic rings. The number of hydrogen-bond donors (Lipinski definition) is 1. The maximum absolute atomic E-state index is 13.8. The van der Waals surface area contributed by atoms with Crippen molar-refractivity contribution in [2.45, 2.75) is 39.2 Å². The van der Waals surface area contributed by atoms with Crippen LogP contribution >= 0.6 is 11.6 Å². The first kappa shape index (κ1) is 21.5. The van der Waals surface area contributed by atoms with E-state index in [1.165, 1.54) is 18.3 Å². The second-order valence-electron chi connectivity index (χ2n) is 8.19. The largest absolute Gasteiger partial charge is 0.490 e. The molecule has 4 atom stereocenters. The highest BCUT2D eigenvalue weighted by Crippen LogP contribution is 2.41. The van der Waals surface area contributed by atoms with Crippen LogP contribution in [0.3, 0.4) is 0 Å². The fraction of sp³-hybridized carbons (Fsp3) is 0.375. The van der Waals surface area contributed by atoms with Crippen molar-refractivity contribution in [3.8, 4) is 5.75 Å². The molecule has 162 valence electrons. The number of rotatable bonds is 6. The van der Waals surface area contributed by atoms with Crippen molar-refractivity contribution in [1.29, 1.82) is 0 Å². The standard InChI is InChI=1S/C24H25ClFN3O2/c1-3-18(24(30)29-23-7-4-15(25)13-28-23)19-12-17(10-14(19)2)31-22-8-9-27-21-6-5-16(26)11-20(21)22/h4-9,11,13-14,17-19H,3,10,12H2,1-2H3,(H,28,29,30). The van der Waals surface area contributed by atoms with Crippen molar-refractivity contribution < 1.29 is 13.9 Å². The average molecular weight is 442 g/mol. The molecule has 2 heterocycles. The van der Waals surface area contributed by atoms with Gasteiger partial charge in [-0.25, -0.2) is 9.37 Å². The zero-order valence-corrected chi connectivity index (χ0v) is 18.3. The number of nitrogens with one attached hydrogen (secondary N) is 1. The molecule has 1 amide bonds. The van der Waals surface area contributed by atoms with E-state index >= 15 is 0 Å². The Kier molecular flexibility index (Phi) is 6.37. The first-order valence-corrected chi connectivity index (χ1v) is 11.0. The highest BCUT2D eigenvalue weighted by molar-refractivity contribution is 6.30. The van der Waals surface area contributed by atoms with E-state index in [9.17, 15) is 9.18 Å². The summed E-state index contributed by atoms with van der Waals surface area (Å²) in [4.78, 5) is 21.4. The molecule has 1 aliphatic carbocycles. The van der Waals surface area contributed by atoms with Crippen LogP contribution in [0.4, 0.5) is 10.2 Å². The SMILES string of the molecule is CCC(C(=O)Nc1ccc(Cl)cn1)C1CC(Oc2ccnc3ccc(F)cc23)CC1C. The summed E-state index contributed by atoms with van der Waals surface area (Å²) in [5.74, 6) is 1.14. The van der Waals surface area contributed by atoms with E-state index in [0.717, 1.165) is 19.3 Å². The van der Waals surface area contributed by atoms with Crippen LogP contribution in [-0.2, 0) is 4.79 Å². The number of carbonyl (C=O) groups is 1. The zero-order chi connectivity index (χ0) is 22.0. The molecule has 2 aromatic heterocycles. The number of hydrogen-bond acceptors (Lipinski definition) is 4. The summed E-state index contributed by atoms with van der Waals surface area (Å²) in [6, 6.07) is 9.68. The van der Waals surface area contributed by atoms with E-state index in [1.807, 2.05) is 6.92 Å². The topological polar surface area (TPSA) is 64.1 Å². The van der Waals surface area contributed by atoms with Gasteiger partial charge in [-0.1, -0.05) is 25.4 Å². The lowest BCUT2D eigenvalue weighted by Gasteiger charge is -2.24. The van der Waals surface area contributed by atoms with Crippen molar-refractivity contribution in [2.24, 2.45) is 17.8 Å². The molecule has 4 unspecified atom stereocenters. The predicted molar refractivity (Wildman–Crippen MR) is 120 cm³/mol. The number of ether oxygens (including phenoxy) is 1. The molecule has 4 rings (SSSR count). The Bertz CT molecular complexity index is 1080. The first-order chi connectivity index (χ1) is 14.9. The lowest BCUT2D eigenvalue weighted by atomic mass is 9.82. The lowest BCUT2D eigenvalue weighted by Crippen LogP contribution is -2.30. The number of halogens is 2. The zero-order valence-electron chi connectivity index (χ0n) is 17.5. The van der Waals surface area contributed by atoms with Crippen LogP contribution in [0.25, 0.3) is 10.9 Å². The predicted octanol–water partition coefficient (Wildman–Crippen LogP) is 5.88. The summed E-state index contributed by atoms with van der Waals surface area (Å²) in [6.07, 6.45) is 5.48. The summed E-state index contributed by atoms with van der Waals surface area (Å²) in [6.45, 7) is 4.19. The quantitative estimate of drug-likeness (QED) is 0.518. The van der Waals surface area contributed by atoms with Crippen molar-refractivity contribution in [1.82, 2.24) is 9.97 Å². The van der Waals surface area contributed by atoms with Gasteiger partial charge in [0.15, 0.2) is 0 Å². The Morgan fingerprint density at radius 2 is 2.10 bits per heavy atom. The van der Waals surface area contributed by atoms with Gasteiger partial charge in [0.2, 0.25) is 5.91 Å². The fourth-order valence-electron chi connectivity index (χ4n) is 4.61. The fourth-order valence-corrected chi connectivity index (χ4v) is 4.72. The van der Waals surface area contributed by atoms with Gasteiger partial charge in [-0.3, -0.25) is 9.78 Å². The molecule has 3 aromatic rings. The number of fused-ring (bicyclic) bond motifs is 1. The maximum Gasteiger partial charge on any atom is 0.228 e. The Morgan fingerprint density at radius 3 is 2.84 bits per heavy atom. The van der Waals surface area contributed by atoms with Crippen LogP contribution in [0.2, 0.25) is 5.02 Å². The Hall–Kier alpha value is -2.73. The van der Waals surface area contributed by atoms with Crippen molar-refractivity contribution in [2.75, 3.05) is 5.32 Å². The van der Waals surface area contributed by atoms with Gasteiger partial charge in [0.25, 0.3) is 0 Å². The van der Waals surface area contributed by atoms with Crippen LogP contribution < -0.4 is 10.1 Å². The van der Waals surface area contributed by atoms with E-state index in [4.69, 9.17) is 16.3 Å². The van der Waals surface area contributed by atoms with Crippen molar-refractivity contribution >= 4 is 34.2 Å². The molecule has 1 saturated carbocycles. The van der Waals surface area contributed by atoms with Gasteiger partial charge in [-0.2, -0.15) is 0 Å². The Morgan fingerprint density at radius 1 is 1.26 bits per heavy atom. The molecule has 0 bridgehead atoms. The third kappa shape index (κ3) is 4.79. The van der Waals surface area contributed by atoms with E-state index in [1.54, 1.807) is 30.5 Å². The van der Waals surface area contributed by atoms with Gasteiger partial charge in [0.1, 0.15) is 17.4 Å². The normalized spacial score (nSPS) is 21.7. The van der Waals surface area contributed by atoms with Gasteiger partial charge < -0.3 is 10.1 Å². The number of amides is 1. The van der Waals surface area contributed by atoms with Crippen LogP contribution in [-0.4, -0.2) is 22.0 Å². The van der Waals surface area contributed by atoms with Gasteiger partial charge >= 0.3 is 0 Å². The number of anilines is 1. The highest BCUT2D eigenvalue weighted by atomic mass is 35.5. The summed E-state index contributed by atoms with van der Waals surface area (Å²) >= 11 is 5.87. The second-order valence-corrected chi connectivity index (χ2v) is 8.63. The molecular weight excluding hydrogens is 417 g/mol. The van der Waals surface area contributed by atoms with Gasteiger partial charge in [0.05, 0.1) is 16.6 Å². The molecule has 5 nitrogen and oxygen atoms in total. The molecule has 0 radical (unpaired) electrons. The summed E-state index contributed by atoms with van der Waals surface area (Å²) in [5, 5.41) is 4.10. The molecule has 7 heteroatoms. The lowest BCUT2D eigenvalue weighted by molar-refractivity contribution is -0.122. The van der Waals surface area contributed by atoms with Crippen molar-refractivity contribution in [3.63, 3.8) is 0 Å². The number of aromatic nitrogens is 2. The molecule has 1 aromatic carbocycles. The molecule has 0 spiro atoms. The van der Waals surface area contributed by atoms with Crippen LogP contribution in [0.5, 0.6) is 5.75 Å². The third-order valence-electron chi connectivity index (χ3n) is 6.13. The smallest absolute Gasteiger partial charge is 0.228 e. The van der Waals surface area contributed by atoms with Gasteiger partial charge in [-0.05, 0) is 67.5 Å². The monoisotopic (exact) mass is 441 g/mol. The number of carbonyl (C=O) groups excluding carboxylic acids is 1. The van der Waals surface area contributed by atoms with E-state index in [0.29, 0.717) is 33.4 Å². The molecule has 0 saturated heterocycles. The molecule has 1 fully saturated rings. The minimum atomic E-state index is -0.318. The summed E-state index contributed by atoms with van der Waals surface area (Å²) in [5.41, 5.74) is 0.697. The van der Waals surface area contributed by atoms with Crippen LogP contribution in [0, 0.1) is 23.6 Å². The van der Waals surface area contributed by atoms with Crippen LogP contribution in [0.1, 0.15) is 33.1 Å². The molecule has 1 N–H and O–H groups in total. The third-order valence-corrected chi connectivity index (χ3v) is 6.35. The van der Waals surface area contributed by atoms with E-state index < -0.39 is 0 Å². The molecular formula is C24H25ClFN3O2. The Labute approximate surface area is 186 Å². The molecule has 31 heavy (non-hydrogen) atoms. The van der Waals surface area contributed by atoms with Crippen LogP contribution in [0.15, 0.2) is 48.8 Å². The number of pyridine rings is 2. The number of benzene rings is 1. The summed E-state index contributed by atoms with van der Waals surface area (Å²) in [7, 11) is 0. The second kappa shape index (κ2) is 9.18. The van der Waals surface area contributed by atoms with Gasteiger partial charge in [0, 0.05) is 23.7 Å². The van der Waals surface area contributed by atoms with E-state index in [-0.39, 0.29) is 29.7 Å². The van der Waals surface area contributed by atoms with Gasteiger partial charge in [-0.15, -0.1) is 0 Å². The first-order valence-electron chi connectivity index (χ1n) is 10.6. The van der Waals surface area contributed by atoms with Crippen molar-refractivity contribution in [3.05, 3.63) is 59.6 Å². The number of nitrogens with zero attached hydrogens (tertiary/aromatic N) is 2. The molecule has 0 aliphatic heterocycles. The highest BCUT2D eigenvalue weighted by Gasteiger charge is 2.40. The average Bonchev–Trinajstić information content (AvgIpc) is 3.10. The maximum atomic E-state index is 13.8.